The van der Waals surface area contributed by atoms with Crippen LogP contribution in [0.5, 0.6) is 5.75 Å². The van der Waals surface area contributed by atoms with E-state index < -0.39 is 5.31 Å². The van der Waals surface area contributed by atoms with E-state index in [1.54, 1.807) is 6.07 Å². The third-order valence-corrected chi connectivity index (χ3v) is 15.0. The number of benzene rings is 4. The van der Waals surface area contributed by atoms with Crippen LogP contribution in [-0.2, 0) is 0 Å². The summed E-state index contributed by atoms with van der Waals surface area (Å²) in [6, 6.07) is 39.3. The van der Waals surface area contributed by atoms with Gasteiger partial charge in [-0.25, -0.2) is 0 Å². The molecule has 0 spiro atoms. The van der Waals surface area contributed by atoms with Crippen molar-refractivity contribution in [2.75, 3.05) is 0 Å². The average molecular weight is 435 g/mol. The van der Waals surface area contributed by atoms with Crippen molar-refractivity contribution in [2.45, 2.75) is 0 Å². The fourth-order valence-electron chi connectivity index (χ4n) is 3.77. The average Bonchev–Trinajstić information content (AvgIpc) is 2.75. The van der Waals surface area contributed by atoms with Gasteiger partial charge in [-0.05, 0) is 0 Å². The summed E-state index contributed by atoms with van der Waals surface area (Å²) in [7, 11) is 0. The molecule has 0 aliphatic rings. The fraction of sp³-hybridized carbons (Fsp3) is 0. The second-order valence-corrected chi connectivity index (χ2v) is 14.9. The van der Waals surface area contributed by atoms with Gasteiger partial charge in [0.05, 0.1) is 0 Å². The Morgan fingerprint density at radius 3 is 1.22 bits per heavy atom. The predicted octanol–water partition coefficient (Wildman–Crippen LogP) is 4.86. The number of halogens is 1. The Morgan fingerprint density at radius 2 is 0.852 bits per heavy atom. The van der Waals surface area contributed by atoms with E-state index >= 15 is 0 Å². The van der Waals surface area contributed by atoms with Crippen LogP contribution in [0.2, 0.25) is 0 Å². The van der Waals surface area contributed by atoms with Gasteiger partial charge < -0.3 is 0 Å². The minimum atomic E-state index is -3.20. The molecule has 4 aromatic carbocycles. The molecule has 27 heavy (non-hydrogen) atoms. The Labute approximate surface area is 168 Å². The number of aromatic hydroxyl groups is 1. The molecule has 0 bridgehead atoms. The van der Waals surface area contributed by atoms with E-state index in [1.165, 1.54) is 15.9 Å². The summed E-state index contributed by atoms with van der Waals surface area (Å²) in [5.41, 5.74) is 0. The molecule has 0 aromatic heterocycles. The van der Waals surface area contributed by atoms with Crippen LogP contribution >= 0.6 is 20.8 Å². The van der Waals surface area contributed by atoms with Crippen LogP contribution in [0.1, 0.15) is 0 Å². The van der Waals surface area contributed by atoms with Gasteiger partial charge in [0, 0.05) is 0 Å². The second kappa shape index (κ2) is 6.96. The molecule has 1 nitrogen and oxygen atoms in total. The van der Waals surface area contributed by atoms with Gasteiger partial charge in [-0.2, -0.15) is 0 Å². The van der Waals surface area contributed by atoms with Crippen molar-refractivity contribution < 1.29 is 5.11 Å². The van der Waals surface area contributed by atoms with Gasteiger partial charge in [0.1, 0.15) is 0 Å². The van der Waals surface area contributed by atoms with E-state index in [0.29, 0.717) is 0 Å². The van der Waals surface area contributed by atoms with Crippen LogP contribution in [0.15, 0.2) is 115 Å². The van der Waals surface area contributed by atoms with E-state index in [2.05, 4.69) is 94.4 Å². The van der Waals surface area contributed by atoms with Crippen molar-refractivity contribution in [3.63, 3.8) is 0 Å². The van der Waals surface area contributed by atoms with E-state index in [-0.39, 0.29) is 5.75 Å². The first-order valence-electron chi connectivity index (χ1n) is 8.84. The van der Waals surface area contributed by atoms with Crippen LogP contribution in [-0.4, -0.2) is 5.11 Å². The minimum absolute atomic E-state index is 0.267. The zero-order chi connectivity index (χ0) is 18.8. The van der Waals surface area contributed by atoms with Crippen molar-refractivity contribution in [3.8, 4) is 5.75 Å². The number of hydrogen-bond acceptors (Lipinski definition) is 1. The zero-order valence-electron chi connectivity index (χ0n) is 14.7. The Morgan fingerprint density at radius 1 is 0.481 bits per heavy atom. The molecule has 0 heterocycles. The molecule has 0 saturated heterocycles. The molecule has 0 aliphatic carbocycles. The van der Waals surface area contributed by atoms with Gasteiger partial charge >= 0.3 is 168 Å². The van der Waals surface area contributed by atoms with Crippen molar-refractivity contribution in [2.24, 2.45) is 0 Å². The van der Waals surface area contributed by atoms with Crippen LogP contribution in [0.4, 0.5) is 0 Å². The molecule has 0 aliphatic heterocycles. The molecular weight excluding hydrogens is 415 g/mol. The summed E-state index contributed by atoms with van der Waals surface area (Å²) in [5, 5.41) is 11.8. The van der Waals surface area contributed by atoms with Crippen molar-refractivity contribution >= 4 is 42.0 Å². The molecule has 134 valence electrons. The molecule has 0 fully saturated rings. The fourth-order valence-corrected chi connectivity index (χ4v) is 11.3. The number of phenols is 1. The van der Waals surface area contributed by atoms with Crippen LogP contribution in [0.3, 0.4) is 0 Å². The van der Waals surface area contributed by atoms with Crippen molar-refractivity contribution in [1.82, 2.24) is 0 Å². The topological polar surface area (TPSA) is 20.2 Å². The molecule has 0 saturated carbocycles. The van der Waals surface area contributed by atoms with Crippen LogP contribution < -0.4 is 21.2 Å². The first kappa shape index (κ1) is 18.0. The summed E-state index contributed by atoms with van der Waals surface area (Å²) >= 11 is 4.38. The van der Waals surface area contributed by atoms with Gasteiger partial charge in [-0.3, -0.25) is 0 Å². The zero-order valence-corrected chi connectivity index (χ0v) is 17.2. The maximum absolute atomic E-state index is 10.3. The molecule has 0 unspecified atom stereocenters. The monoisotopic (exact) mass is 434 g/mol. The third kappa shape index (κ3) is 2.72. The standard InChI is InChI=1S/C24H20BrOP/c25-27(21-12-4-1-5-13-21,22-14-6-2-7-15-22,23-16-8-3-9-17-23)24-18-10-11-20(26)19-24/h1-19,26H. The summed E-state index contributed by atoms with van der Waals surface area (Å²) < 4.78 is 0. The Kier molecular flexibility index (Phi) is 4.63. The van der Waals surface area contributed by atoms with Gasteiger partial charge in [-0.15, -0.1) is 0 Å². The van der Waals surface area contributed by atoms with Crippen molar-refractivity contribution in [1.29, 1.82) is 0 Å². The van der Waals surface area contributed by atoms with Gasteiger partial charge in [0.15, 0.2) is 0 Å². The van der Waals surface area contributed by atoms with Crippen molar-refractivity contribution in [3.05, 3.63) is 115 Å². The summed E-state index contributed by atoms with van der Waals surface area (Å²) in [4.78, 5) is 0. The molecule has 3 heteroatoms. The summed E-state index contributed by atoms with van der Waals surface area (Å²) in [6.45, 7) is 0. The molecule has 0 atom stereocenters. The molecule has 0 amide bonds. The molecule has 4 rings (SSSR count). The van der Waals surface area contributed by atoms with E-state index in [4.69, 9.17) is 0 Å². The third-order valence-electron chi connectivity index (χ3n) is 5.04. The van der Waals surface area contributed by atoms with E-state index in [9.17, 15) is 5.11 Å². The summed E-state index contributed by atoms with van der Waals surface area (Å²) in [5.74, 6) is 0.267. The molecule has 4 aromatic rings. The van der Waals surface area contributed by atoms with Gasteiger partial charge in [0.2, 0.25) is 0 Å². The Balaban J connectivity index is 2.24. The first-order chi connectivity index (χ1) is 13.1. The first-order valence-corrected chi connectivity index (χ1v) is 13.1. The van der Waals surface area contributed by atoms with E-state index in [1.807, 2.05) is 30.3 Å². The van der Waals surface area contributed by atoms with Gasteiger partial charge in [-0.1, -0.05) is 0 Å². The molecule has 0 radical (unpaired) electrons. The summed E-state index contributed by atoms with van der Waals surface area (Å²) in [6.07, 6.45) is 0. The van der Waals surface area contributed by atoms with Gasteiger partial charge in [0.25, 0.3) is 0 Å². The van der Waals surface area contributed by atoms with Crippen LogP contribution in [0.25, 0.3) is 0 Å². The maximum atomic E-state index is 10.3. The van der Waals surface area contributed by atoms with Crippen LogP contribution in [0, 0.1) is 0 Å². The number of phenolic OH excluding ortho intramolecular Hbond substituents is 1. The molecule has 1 N–H and O–H groups in total. The second-order valence-electron chi connectivity index (χ2n) is 6.54. The number of hydrogen-bond donors (Lipinski definition) is 1. The quantitative estimate of drug-likeness (QED) is 0.454. The van der Waals surface area contributed by atoms with E-state index in [0.717, 1.165) is 5.30 Å². The Hall–Kier alpha value is -2.41. The predicted molar refractivity (Wildman–Crippen MR) is 122 cm³/mol. The Bertz CT molecular complexity index is 950. The number of rotatable bonds is 4. The normalized spacial score (nSPS) is 12.9. The molecular formula is C24H20BrOP. The SMILES string of the molecule is Oc1cccc(P(Br)(c2ccccc2)(c2ccccc2)c2ccccc2)c1.